The maximum atomic E-state index is 12.6. The van der Waals surface area contributed by atoms with E-state index in [0.29, 0.717) is 12.1 Å². The first-order valence-electron chi connectivity index (χ1n) is 5.53. The maximum Gasteiger partial charge on any atom is 0.330 e. The SMILES string of the molecule is CCc1c(C)nc(COCC(F)(F)C(F)F)nc1Cl. The number of ether oxygens (including phenoxy) is 1. The molecule has 0 fully saturated rings. The summed E-state index contributed by atoms with van der Waals surface area (Å²) in [6.07, 6.45) is -3.13. The number of aryl methyl sites for hydroxylation is 1. The molecule has 0 amide bonds. The number of halogens is 5. The second kappa shape index (κ2) is 6.47. The number of hydrogen-bond donors (Lipinski definition) is 0. The summed E-state index contributed by atoms with van der Waals surface area (Å²) < 4.78 is 53.5. The molecular weight excluding hydrogens is 288 g/mol. The van der Waals surface area contributed by atoms with Crippen LogP contribution in [0.2, 0.25) is 5.15 Å². The molecule has 0 spiro atoms. The topological polar surface area (TPSA) is 35.0 Å². The lowest BCUT2D eigenvalue weighted by atomic mass is 10.2. The highest BCUT2D eigenvalue weighted by molar-refractivity contribution is 6.30. The van der Waals surface area contributed by atoms with Crippen molar-refractivity contribution in [2.75, 3.05) is 6.61 Å². The zero-order chi connectivity index (χ0) is 14.6. The Morgan fingerprint density at radius 2 is 1.95 bits per heavy atom. The van der Waals surface area contributed by atoms with Gasteiger partial charge in [0.05, 0.1) is 0 Å². The van der Waals surface area contributed by atoms with Gasteiger partial charge in [0.2, 0.25) is 0 Å². The zero-order valence-corrected chi connectivity index (χ0v) is 11.1. The van der Waals surface area contributed by atoms with Crippen LogP contribution in [0.15, 0.2) is 0 Å². The first kappa shape index (κ1) is 16.1. The van der Waals surface area contributed by atoms with Crippen LogP contribution in [-0.4, -0.2) is 28.9 Å². The zero-order valence-electron chi connectivity index (χ0n) is 10.4. The second-order valence-corrected chi connectivity index (χ2v) is 4.26. The Hall–Kier alpha value is -0.950. The lowest BCUT2D eigenvalue weighted by Gasteiger charge is -2.15. The van der Waals surface area contributed by atoms with Gasteiger partial charge >= 0.3 is 12.3 Å². The third kappa shape index (κ3) is 4.28. The van der Waals surface area contributed by atoms with Gasteiger partial charge in [-0.15, -0.1) is 0 Å². The summed E-state index contributed by atoms with van der Waals surface area (Å²) in [5, 5.41) is 0.217. The number of hydrogen-bond acceptors (Lipinski definition) is 3. The Morgan fingerprint density at radius 3 is 2.42 bits per heavy atom. The third-order valence-corrected chi connectivity index (χ3v) is 2.72. The summed E-state index contributed by atoms with van der Waals surface area (Å²) >= 11 is 5.88. The maximum absolute atomic E-state index is 12.6. The molecule has 0 bridgehead atoms. The molecule has 1 aromatic rings. The van der Waals surface area contributed by atoms with Crippen LogP contribution in [0.3, 0.4) is 0 Å². The Labute approximate surface area is 113 Å². The molecule has 19 heavy (non-hydrogen) atoms. The van der Waals surface area contributed by atoms with E-state index in [-0.39, 0.29) is 11.0 Å². The van der Waals surface area contributed by atoms with Gasteiger partial charge in [-0.2, -0.15) is 8.78 Å². The first-order valence-corrected chi connectivity index (χ1v) is 5.91. The fourth-order valence-electron chi connectivity index (χ4n) is 1.42. The molecule has 108 valence electrons. The van der Waals surface area contributed by atoms with E-state index in [2.05, 4.69) is 14.7 Å². The molecule has 0 saturated heterocycles. The number of aromatic nitrogens is 2. The van der Waals surface area contributed by atoms with Crippen molar-refractivity contribution in [3.05, 3.63) is 22.2 Å². The lowest BCUT2D eigenvalue weighted by Crippen LogP contribution is -2.32. The largest absolute Gasteiger partial charge is 0.367 e. The molecule has 3 nitrogen and oxygen atoms in total. The minimum atomic E-state index is -4.18. The summed E-state index contributed by atoms with van der Waals surface area (Å²) in [5.74, 6) is -4.09. The van der Waals surface area contributed by atoms with E-state index in [1.165, 1.54) is 0 Å². The van der Waals surface area contributed by atoms with Gasteiger partial charge in [0, 0.05) is 11.3 Å². The first-order chi connectivity index (χ1) is 8.77. The van der Waals surface area contributed by atoms with Crippen LogP contribution in [-0.2, 0) is 17.8 Å². The van der Waals surface area contributed by atoms with Gasteiger partial charge in [0.1, 0.15) is 18.4 Å². The van der Waals surface area contributed by atoms with Crippen LogP contribution in [0, 0.1) is 6.92 Å². The summed E-state index contributed by atoms with van der Waals surface area (Å²) in [7, 11) is 0. The van der Waals surface area contributed by atoms with Crippen molar-refractivity contribution in [1.82, 2.24) is 9.97 Å². The standard InChI is InChI=1S/C11H13ClF4N2O/c1-3-7-6(2)17-8(18-9(7)12)4-19-5-11(15,16)10(13)14/h10H,3-5H2,1-2H3. The molecule has 0 aliphatic carbocycles. The van der Waals surface area contributed by atoms with Gasteiger partial charge in [-0.05, 0) is 13.3 Å². The van der Waals surface area contributed by atoms with Crippen molar-refractivity contribution in [3.63, 3.8) is 0 Å². The highest BCUT2D eigenvalue weighted by Crippen LogP contribution is 2.23. The molecule has 0 radical (unpaired) electrons. The van der Waals surface area contributed by atoms with Crippen molar-refractivity contribution in [3.8, 4) is 0 Å². The van der Waals surface area contributed by atoms with E-state index < -0.39 is 25.6 Å². The van der Waals surface area contributed by atoms with Crippen LogP contribution >= 0.6 is 11.6 Å². The Bertz CT molecular complexity index is 420. The number of nitrogens with zero attached hydrogens (tertiary/aromatic N) is 2. The van der Waals surface area contributed by atoms with Gasteiger partial charge in [-0.25, -0.2) is 18.7 Å². The summed E-state index contributed by atoms with van der Waals surface area (Å²) in [6.45, 7) is 1.79. The fraction of sp³-hybridized carbons (Fsp3) is 0.636. The molecule has 0 unspecified atom stereocenters. The van der Waals surface area contributed by atoms with Crippen LogP contribution in [0.5, 0.6) is 0 Å². The van der Waals surface area contributed by atoms with Gasteiger partial charge in [-0.3, -0.25) is 0 Å². The molecule has 0 aliphatic heterocycles. The second-order valence-electron chi connectivity index (χ2n) is 3.90. The van der Waals surface area contributed by atoms with Crippen molar-refractivity contribution in [1.29, 1.82) is 0 Å². The molecule has 1 rings (SSSR count). The van der Waals surface area contributed by atoms with Crippen molar-refractivity contribution < 1.29 is 22.3 Å². The van der Waals surface area contributed by atoms with Gasteiger partial charge in [-0.1, -0.05) is 18.5 Å². The fourth-order valence-corrected chi connectivity index (χ4v) is 1.79. The molecule has 0 N–H and O–H groups in total. The average Bonchev–Trinajstić information content (AvgIpc) is 2.28. The van der Waals surface area contributed by atoms with E-state index in [9.17, 15) is 17.6 Å². The van der Waals surface area contributed by atoms with Crippen molar-refractivity contribution >= 4 is 11.6 Å². The normalized spacial score (nSPS) is 12.2. The van der Waals surface area contributed by atoms with Crippen molar-refractivity contribution in [2.24, 2.45) is 0 Å². The highest BCUT2D eigenvalue weighted by Gasteiger charge is 2.41. The Kier molecular flexibility index (Phi) is 5.49. The number of rotatable bonds is 6. The smallest absolute Gasteiger partial charge is 0.330 e. The van der Waals surface area contributed by atoms with E-state index in [1.54, 1.807) is 6.92 Å². The molecule has 8 heteroatoms. The predicted molar refractivity (Wildman–Crippen MR) is 61.8 cm³/mol. The highest BCUT2D eigenvalue weighted by atomic mass is 35.5. The average molecular weight is 301 g/mol. The van der Waals surface area contributed by atoms with Crippen LogP contribution in [0.4, 0.5) is 17.6 Å². The quantitative estimate of drug-likeness (QED) is 0.596. The molecule has 1 aromatic heterocycles. The van der Waals surface area contributed by atoms with E-state index in [1.807, 2.05) is 6.92 Å². The van der Waals surface area contributed by atoms with E-state index >= 15 is 0 Å². The lowest BCUT2D eigenvalue weighted by molar-refractivity contribution is -0.168. The summed E-state index contributed by atoms with van der Waals surface area (Å²) in [4.78, 5) is 7.88. The van der Waals surface area contributed by atoms with Gasteiger partial charge in [0.25, 0.3) is 0 Å². The Morgan fingerprint density at radius 1 is 1.32 bits per heavy atom. The summed E-state index contributed by atoms with van der Waals surface area (Å²) in [5.41, 5.74) is 1.37. The van der Waals surface area contributed by atoms with Crippen LogP contribution in [0.1, 0.15) is 24.0 Å². The molecular formula is C11H13ClF4N2O. The van der Waals surface area contributed by atoms with E-state index in [4.69, 9.17) is 11.6 Å². The monoisotopic (exact) mass is 300 g/mol. The van der Waals surface area contributed by atoms with Crippen molar-refractivity contribution in [2.45, 2.75) is 39.2 Å². The third-order valence-electron chi connectivity index (χ3n) is 2.41. The predicted octanol–water partition coefficient (Wildman–Crippen LogP) is 3.42. The van der Waals surface area contributed by atoms with Crippen LogP contribution in [0.25, 0.3) is 0 Å². The molecule has 0 saturated carbocycles. The Balaban J connectivity index is 2.65. The van der Waals surface area contributed by atoms with Crippen LogP contribution < -0.4 is 0 Å². The minimum Gasteiger partial charge on any atom is -0.367 e. The number of alkyl halides is 4. The van der Waals surface area contributed by atoms with Gasteiger partial charge < -0.3 is 4.74 Å². The van der Waals surface area contributed by atoms with E-state index in [0.717, 1.165) is 5.56 Å². The van der Waals surface area contributed by atoms with Gasteiger partial charge in [0.15, 0.2) is 5.82 Å². The minimum absolute atomic E-state index is 0.0877. The molecule has 0 aliphatic rings. The molecule has 0 aromatic carbocycles. The summed E-state index contributed by atoms with van der Waals surface area (Å²) in [6, 6.07) is 0. The molecule has 0 atom stereocenters. The molecule has 1 heterocycles.